The molecule has 0 saturated carbocycles. The van der Waals surface area contributed by atoms with Crippen molar-refractivity contribution in [2.24, 2.45) is 0 Å². The highest BCUT2D eigenvalue weighted by Crippen LogP contribution is 2.17. The molecule has 0 aromatic heterocycles. The summed E-state index contributed by atoms with van der Waals surface area (Å²) in [5, 5.41) is 12.6. The number of β-amino-alcohol motifs (C(OH)–C–C–N with tert-alkyl or cyclic N) is 1. The van der Waals surface area contributed by atoms with Crippen LogP contribution >= 0.6 is 0 Å². The molecule has 2 N–H and O–H groups in total. The van der Waals surface area contributed by atoms with Gasteiger partial charge in [-0.25, -0.2) is 8.42 Å². The van der Waals surface area contributed by atoms with Gasteiger partial charge in [-0.05, 0) is 12.8 Å². The van der Waals surface area contributed by atoms with Crippen LogP contribution in [0.5, 0.6) is 0 Å². The van der Waals surface area contributed by atoms with Gasteiger partial charge in [0.2, 0.25) is 0 Å². The van der Waals surface area contributed by atoms with Gasteiger partial charge < -0.3 is 10.4 Å². The fourth-order valence-electron chi connectivity index (χ4n) is 1.36. The maximum atomic E-state index is 11.1. The highest BCUT2D eigenvalue weighted by Gasteiger charge is 2.33. The molecule has 1 saturated heterocycles. The van der Waals surface area contributed by atoms with Crippen LogP contribution in [0.4, 0.5) is 0 Å². The second-order valence-corrected chi connectivity index (χ2v) is 6.14. The van der Waals surface area contributed by atoms with Crippen LogP contribution in [0.1, 0.15) is 19.8 Å². The molecule has 0 aliphatic carbocycles. The molecule has 4 nitrogen and oxygen atoms in total. The first-order chi connectivity index (χ1) is 5.97. The SMILES string of the molecule is CCS(=O)(=O)CCCC1(O)CNC1. The molecule has 0 aromatic rings. The molecule has 1 rings (SSSR count). The second-order valence-electron chi connectivity index (χ2n) is 3.67. The third kappa shape index (κ3) is 3.25. The lowest BCUT2D eigenvalue weighted by molar-refractivity contribution is -0.0174. The van der Waals surface area contributed by atoms with E-state index in [0.717, 1.165) is 0 Å². The molecular formula is C8H17NO3S. The predicted octanol–water partition coefficient (Wildman–Crippen LogP) is -0.464. The Hall–Kier alpha value is -0.130. The molecule has 0 amide bonds. The number of rotatable bonds is 5. The third-order valence-electron chi connectivity index (χ3n) is 2.45. The Labute approximate surface area is 79.3 Å². The van der Waals surface area contributed by atoms with Gasteiger partial charge in [-0.3, -0.25) is 0 Å². The summed E-state index contributed by atoms with van der Waals surface area (Å²) in [6, 6.07) is 0. The molecule has 0 aromatic carbocycles. The van der Waals surface area contributed by atoms with Crippen LogP contribution in [-0.4, -0.2) is 43.7 Å². The smallest absolute Gasteiger partial charge is 0.150 e. The maximum Gasteiger partial charge on any atom is 0.150 e. The lowest BCUT2D eigenvalue weighted by atomic mass is 9.92. The minimum atomic E-state index is -2.86. The topological polar surface area (TPSA) is 66.4 Å². The van der Waals surface area contributed by atoms with E-state index in [1.807, 2.05) is 0 Å². The minimum absolute atomic E-state index is 0.198. The minimum Gasteiger partial charge on any atom is -0.387 e. The van der Waals surface area contributed by atoms with Crippen LogP contribution in [0, 0.1) is 0 Å². The normalized spacial score (nSPS) is 21.1. The molecule has 0 atom stereocenters. The second kappa shape index (κ2) is 3.94. The summed E-state index contributed by atoms with van der Waals surface area (Å²) < 4.78 is 22.2. The average Bonchev–Trinajstić information content (AvgIpc) is 2.01. The maximum absolute atomic E-state index is 11.1. The van der Waals surface area contributed by atoms with Crippen molar-refractivity contribution in [2.45, 2.75) is 25.4 Å². The van der Waals surface area contributed by atoms with Gasteiger partial charge in [0, 0.05) is 18.8 Å². The number of nitrogens with one attached hydrogen (secondary N) is 1. The Morgan fingerprint density at radius 3 is 2.46 bits per heavy atom. The molecule has 5 heteroatoms. The number of hydrogen-bond acceptors (Lipinski definition) is 4. The first kappa shape index (κ1) is 10.9. The summed E-state index contributed by atoms with van der Waals surface area (Å²) in [5.74, 6) is 0.398. The van der Waals surface area contributed by atoms with Crippen LogP contribution < -0.4 is 5.32 Å². The molecule has 1 aliphatic heterocycles. The molecule has 1 aliphatic rings. The van der Waals surface area contributed by atoms with Crippen molar-refractivity contribution < 1.29 is 13.5 Å². The Morgan fingerprint density at radius 1 is 1.46 bits per heavy atom. The van der Waals surface area contributed by atoms with Crippen LogP contribution in [0.15, 0.2) is 0 Å². The molecule has 1 heterocycles. The standard InChI is InChI=1S/C8H17NO3S/c1-2-13(11,12)5-3-4-8(10)6-9-7-8/h9-10H,2-7H2,1H3. The fourth-order valence-corrected chi connectivity index (χ4v) is 2.23. The molecule has 0 unspecified atom stereocenters. The van der Waals surface area contributed by atoms with Gasteiger partial charge in [0.15, 0.2) is 0 Å². The van der Waals surface area contributed by atoms with Crippen molar-refractivity contribution >= 4 is 9.84 Å². The zero-order valence-electron chi connectivity index (χ0n) is 7.91. The van der Waals surface area contributed by atoms with E-state index < -0.39 is 15.4 Å². The molecule has 78 valence electrons. The van der Waals surface area contributed by atoms with E-state index in [1.54, 1.807) is 6.92 Å². The quantitative estimate of drug-likeness (QED) is 0.640. The van der Waals surface area contributed by atoms with Gasteiger partial charge in [0.25, 0.3) is 0 Å². The first-order valence-corrected chi connectivity index (χ1v) is 6.43. The van der Waals surface area contributed by atoms with E-state index in [2.05, 4.69) is 5.32 Å². The van der Waals surface area contributed by atoms with E-state index in [1.165, 1.54) is 0 Å². The molecule has 0 bridgehead atoms. The molecule has 1 fully saturated rings. The van der Waals surface area contributed by atoms with Crippen molar-refractivity contribution in [3.05, 3.63) is 0 Å². The Morgan fingerprint density at radius 2 is 2.08 bits per heavy atom. The van der Waals surface area contributed by atoms with Gasteiger partial charge in [0.05, 0.1) is 11.4 Å². The van der Waals surface area contributed by atoms with Crippen molar-refractivity contribution in [3.63, 3.8) is 0 Å². The summed E-state index contributed by atoms with van der Waals surface area (Å²) in [5.41, 5.74) is -0.636. The van der Waals surface area contributed by atoms with Gasteiger partial charge in [-0.2, -0.15) is 0 Å². The first-order valence-electron chi connectivity index (χ1n) is 4.61. The Balaban J connectivity index is 2.21. The summed E-state index contributed by atoms with van der Waals surface area (Å²) in [6.07, 6.45) is 1.15. The van der Waals surface area contributed by atoms with E-state index >= 15 is 0 Å². The van der Waals surface area contributed by atoms with Crippen molar-refractivity contribution in [1.82, 2.24) is 5.32 Å². The molecule has 13 heavy (non-hydrogen) atoms. The molecule has 0 spiro atoms. The zero-order chi connectivity index (χ0) is 9.95. The predicted molar refractivity (Wildman–Crippen MR) is 51.4 cm³/mol. The monoisotopic (exact) mass is 207 g/mol. The zero-order valence-corrected chi connectivity index (χ0v) is 8.73. The van der Waals surface area contributed by atoms with Crippen LogP contribution in [0.25, 0.3) is 0 Å². The van der Waals surface area contributed by atoms with Gasteiger partial charge >= 0.3 is 0 Å². The highest BCUT2D eigenvalue weighted by atomic mass is 32.2. The van der Waals surface area contributed by atoms with Gasteiger partial charge in [-0.1, -0.05) is 6.92 Å². The van der Waals surface area contributed by atoms with Crippen LogP contribution in [0.3, 0.4) is 0 Å². The van der Waals surface area contributed by atoms with E-state index in [0.29, 0.717) is 25.9 Å². The number of hydrogen-bond donors (Lipinski definition) is 2. The van der Waals surface area contributed by atoms with Crippen molar-refractivity contribution in [2.75, 3.05) is 24.6 Å². The molecular weight excluding hydrogens is 190 g/mol. The van der Waals surface area contributed by atoms with Gasteiger partial charge in [-0.15, -0.1) is 0 Å². The average molecular weight is 207 g/mol. The van der Waals surface area contributed by atoms with Crippen molar-refractivity contribution in [3.8, 4) is 0 Å². The summed E-state index contributed by atoms with van der Waals surface area (Å²) in [4.78, 5) is 0. The lowest BCUT2D eigenvalue weighted by Crippen LogP contribution is -2.59. The molecule has 0 radical (unpaired) electrons. The largest absolute Gasteiger partial charge is 0.387 e. The third-order valence-corrected chi connectivity index (χ3v) is 4.24. The van der Waals surface area contributed by atoms with E-state index in [-0.39, 0.29) is 11.5 Å². The van der Waals surface area contributed by atoms with E-state index in [4.69, 9.17) is 0 Å². The lowest BCUT2D eigenvalue weighted by Gasteiger charge is -2.37. The number of sulfone groups is 1. The summed E-state index contributed by atoms with van der Waals surface area (Å²) >= 11 is 0. The van der Waals surface area contributed by atoms with Crippen LogP contribution in [-0.2, 0) is 9.84 Å². The Bertz CT molecular complexity index is 257. The Kier molecular flexibility index (Phi) is 3.32. The number of aliphatic hydroxyl groups is 1. The van der Waals surface area contributed by atoms with Gasteiger partial charge in [0.1, 0.15) is 9.84 Å². The highest BCUT2D eigenvalue weighted by molar-refractivity contribution is 7.91. The van der Waals surface area contributed by atoms with E-state index in [9.17, 15) is 13.5 Å². The van der Waals surface area contributed by atoms with Crippen LogP contribution in [0.2, 0.25) is 0 Å². The van der Waals surface area contributed by atoms with Crippen molar-refractivity contribution in [1.29, 1.82) is 0 Å². The fraction of sp³-hybridized carbons (Fsp3) is 1.00. The summed E-state index contributed by atoms with van der Waals surface area (Å²) in [7, 11) is -2.86. The summed E-state index contributed by atoms with van der Waals surface area (Å²) in [6.45, 7) is 2.84.